The normalized spacial score (nSPS) is 31.9. The fourth-order valence-electron chi connectivity index (χ4n) is 3.11. The second-order valence-electron chi connectivity index (χ2n) is 4.74. The van der Waals surface area contributed by atoms with Crippen molar-refractivity contribution in [2.75, 3.05) is 13.1 Å². The van der Waals surface area contributed by atoms with Crippen molar-refractivity contribution in [1.82, 2.24) is 5.32 Å². The number of para-hydroxylation sites is 1. The largest absolute Gasteiger partial charge is 0.316 e. The molecule has 4 nitrogen and oxygen atoms in total. The Balaban J connectivity index is 1.92. The number of hydrogen-bond donors (Lipinski definition) is 1. The summed E-state index contributed by atoms with van der Waals surface area (Å²) in [6.07, 6.45) is 1.10. The van der Waals surface area contributed by atoms with E-state index >= 15 is 0 Å². The lowest BCUT2D eigenvalue weighted by Crippen LogP contribution is -2.33. The first-order chi connectivity index (χ1) is 7.77. The van der Waals surface area contributed by atoms with E-state index in [0.29, 0.717) is 11.8 Å². The molecule has 0 radical (unpaired) electrons. The minimum absolute atomic E-state index is 0.259. The first-order valence-corrected chi connectivity index (χ1v) is 5.71. The van der Waals surface area contributed by atoms with Crippen molar-refractivity contribution in [2.45, 2.75) is 12.3 Å². The van der Waals surface area contributed by atoms with Crippen molar-refractivity contribution in [1.29, 1.82) is 0 Å². The van der Waals surface area contributed by atoms with Gasteiger partial charge in [0.15, 0.2) is 0 Å². The molecule has 0 unspecified atom stereocenters. The van der Waals surface area contributed by atoms with E-state index in [0.717, 1.165) is 31.0 Å². The Hall–Kier alpha value is -1.42. The maximum atomic E-state index is 10.9. The van der Waals surface area contributed by atoms with Gasteiger partial charge in [0.2, 0.25) is 0 Å². The van der Waals surface area contributed by atoms with Crippen LogP contribution in [-0.2, 0) is 0 Å². The number of benzene rings is 1. The van der Waals surface area contributed by atoms with Crippen LogP contribution in [0.3, 0.4) is 0 Å². The lowest BCUT2D eigenvalue weighted by atomic mass is 9.63. The van der Waals surface area contributed by atoms with Gasteiger partial charge in [-0.1, -0.05) is 18.2 Å². The van der Waals surface area contributed by atoms with E-state index in [4.69, 9.17) is 0 Å². The summed E-state index contributed by atoms with van der Waals surface area (Å²) < 4.78 is 0. The van der Waals surface area contributed by atoms with Crippen LogP contribution in [0.25, 0.3) is 0 Å². The second kappa shape index (κ2) is 3.56. The van der Waals surface area contributed by atoms with Gasteiger partial charge in [0.05, 0.1) is 4.92 Å². The Morgan fingerprint density at radius 3 is 2.88 bits per heavy atom. The minimum atomic E-state index is -0.259. The van der Waals surface area contributed by atoms with Gasteiger partial charge in [0.25, 0.3) is 5.69 Å². The van der Waals surface area contributed by atoms with Gasteiger partial charge >= 0.3 is 0 Å². The molecule has 2 fully saturated rings. The molecule has 1 N–H and O–H groups in total. The Labute approximate surface area is 93.8 Å². The van der Waals surface area contributed by atoms with Crippen molar-refractivity contribution in [2.24, 2.45) is 11.8 Å². The highest BCUT2D eigenvalue weighted by Crippen LogP contribution is 2.50. The fourth-order valence-corrected chi connectivity index (χ4v) is 3.11. The van der Waals surface area contributed by atoms with Crippen molar-refractivity contribution < 1.29 is 4.92 Å². The van der Waals surface area contributed by atoms with Crippen LogP contribution < -0.4 is 5.32 Å². The van der Waals surface area contributed by atoms with Gasteiger partial charge in [0.1, 0.15) is 0 Å². The summed E-state index contributed by atoms with van der Waals surface area (Å²) in [7, 11) is 0. The van der Waals surface area contributed by atoms with Crippen molar-refractivity contribution in [3.63, 3.8) is 0 Å². The first kappa shape index (κ1) is 9.78. The molecular formula is C12H14N2O2. The molecule has 1 aromatic carbocycles. The van der Waals surface area contributed by atoms with Crippen LogP contribution in [-0.4, -0.2) is 18.0 Å². The summed E-state index contributed by atoms with van der Waals surface area (Å²) in [6, 6.07) is 7.17. The van der Waals surface area contributed by atoms with E-state index in [1.807, 2.05) is 12.1 Å². The third-order valence-electron chi connectivity index (χ3n) is 4.00. The summed E-state index contributed by atoms with van der Waals surface area (Å²) in [5.74, 6) is 1.74. The van der Waals surface area contributed by atoms with Crippen molar-refractivity contribution >= 4 is 5.69 Å². The summed E-state index contributed by atoms with van der Waals surface area (Å²) >= 11 is 0. The number of nitro groups is 1. The van der Waals surface area contributed by atoms with Gasteiger partial charge in [0, 0.05) is 11.6 Å². The maximum Gasteiger partial charge on any atom is 0.272 e. The summed E-state index contributed by atoms with van der Waals surface area (Å²) in [6.45, 7) is 2.10. The third kappa shape index (κ3) is 1.33. The standard InChI is InChI=1S/C12H14N2O2/c15-14(16)12-4-2-1-3-9(12)10-5-8-6-13-7-11(8)10/h1-4,8,10-11,13H,5-7H2/t8-,10+,11+/m1/s1. The van der Waals surface area contributed by atoms with E-state index in [9.17, 15) is 10.1 Å². The molecule has 1 aliphatic heterocycles. The van der Waals surface area contributed by atoms with Gasteiger partial charge < -0.3 is 5.32 Å². The Bertz CT molecular complexity index is 433. The number of nitrogens with one attached hydrogen (secondary N) is 1. The minimum Gasteiger partial charge on any atom is -0.316 e. The van der Waals surface area contributed by atoms with Gasteiger partial charge in [-0.2, -0.15) is 0 Å². The predicted molar refractivity (Wildman–Crippen MR) is 60.3 cm³/mol. The van der Waals surface area contributed by atoms with E-state index < -0.39 is 0 Å². The van der Waals surface area contributed by atoms with Crippen molar-refractivity contribution in [3.8, 4) is 0 Å². The zero-order valence-corrected chi connectivity index (χ0v) is 8.93. The fraction of sp³-hybridized carbons (Fsp3) is 0.500. The molecular weight excluding hydrogens is 204 g/mol. The van der Waals surface area contributed by atoms with Crippen LogP contribution >= 0.6 is 0 Å². The number of hydrogen-bond acceptors (Lipinski definition) is 3. The summed E-state index contributed by atoms with van der Waals surface area (Å²) in [5.41, 5.74) is 1.22. The molecule has 1 aromatic rings. The molecule has 3 atom stereocenters. The molecule has 0 bridgehead atoms. The average Bonchev–Trinajstić information content (AvgIpc) is 2.61. The molecule has 1 saturated carbocycles. The number of fused-ring (bicyclic) bond motifs is 1. The molecule has 3 rings (SSSR count). The molecule has 0 spiro atoms. The maximum absolute atomic E-state index is 10.9. The quantitative estimate of drug-likeness (QED) is 0.609. The predicted octanol–water partition coefficient (Wildman–Crippen LogP) is 1.92. The molecule has 1 aliphatic carbocycles. The molecule has 0 aromatic heterocycles. The molecule has 0 amide bonds. The van der Waals surface area contributed by atoms with E-state index in [1.54, 1.807) is 12.1 Å². The Kier molecular flexibility index (Phi) is 2.17. The SMILES string of the molecule is O=[N+]([O-])c1ccccc1[C@@H]1C[C@@H]2CNC[C@@H]21. The number of nitro benzene ring substituents is 1. The lowest BCUT2D eigenvalue weighted by Gasteiger charge is -2.39. The van der Waals surface area contributed by atoms with Crippen LogP contribution in [0.15, 0.2) is 24.3 Å². The molecule has 1 heterocycles. The van der Waals surface area contributed by atoms with Crippen LogP contribution in [0.2, 0.25) is 0 Å². The Morgan fingerprint density at radius 1 is 1.31 bits per heavy atom. The van der Waals surface area contributed by atoms with Crippen molar-refractivity contribution in [3.05, 3.63) is 39.9 Å². The number of rotatable bonds is 2. The van der Waals surface area contributed by atoms with Crippen LogP contribution in [0, 0.1) is 22.0 Å². The average molecular weight is 218 g/mol. The third-order valence-corrected chi connectivity index (χ3v) is 4.00. The molecule has 16 heavy (non-hydrogen) atoms. The highest BCUT2D eigenvalue weighted by molar-refractivity contribution is 5.44. The molecule has 84 valence electrons. The summed E-state index contributed by atoms with van der Waals surface area (Å²) in [4.78, 5) is 10.7. The zero-order chi connectivity index (χ0) is 11.1. The number of nitrogens with zero attached hydrogens (tertiary/aromatic N) is 1. The molecule has 2 aliphatic rings. The van der Waals surface area contributed by atoms with Crippen LogP contribution in [0.4, 0.5) is 5.69 Å². The first-order valence-electron chi connectivity index (χ1n) is 5.71. The van der Waals surface area contributed by atoms with E-state index in [-0.39, 0.29) is 10.6 Å². The summed E-state index contributed by atoms with van der Waals surface area (Å²) in [5, 5.41) is 14.3. The molecule has 1 saturated heterocycles. The second-order valence-corrected chi connectivity index (χ2v) is 4.74. The van der Waals surface area contributed by atoms with Crippen LogP contribution in [0.5, 0.6) is 0 Å². The highest BCUT2D eigenvalue weighted by atomic mass is 16.6. The highest BCUT2D eigenvalue weighted by Gasteiger charge is 2.46. The van der Waals surface area contributed by atoms with Crippen LogP contribution in [0.1, 0.15) is 17.9 Å². The Morgan fingerprint density at radius 2 is 2.12 bits per heavy atom. The smallest absolute Gasteiger partial charge is 0.272 e. The van der Waals surface area contributed by atoms with E-state index in [2.05, 4.69) is 5.32 Å². The van der Waals surface area contributed by atoms with E-state index in [1.165, 1.54) is 0 Å². The molecule has 4 heteroatoms. The monoisotopic (exact) mass is 218 g/mol. The van der Waals surface area contributed by atoms with Gasteiger partial charge in [-0.3, -0.25) is 10.1 Å². The van der Waals surface area contributed by atoms with Gasteiger partial charge in [-0.05, 0) is 37.3 Å². The lowest BCUT2D eigenvalue weighted by molar-refractivity contribution is -0.386. The topological polar surface area (TPSA) is 55.2 Å². The van der Waals surface area contributed by atoms with Gasteiger partial charge in [-0.15, -0.1) is 0 Å². The van der Waals surface area contributed by atoms with Gasteiger partial charge in [-0.25, -0.2) is 0 Å². The zero-order valence-electron chi connectivity index (χ0n) is 8.93.